The molecular formula is C31H29ClN2O4. The predicted molar refractivity (Wildman–Crippen MR) is 148 cm³/mol. The van der Waals surface area contributed by atoms with Gasteiger partial charge in [0.15, 0.2) is 11.5 Å². The van der Waals surface area contributed by atoms with Gasteiger partial charge < -0.3 is 20.1 Å². The monoisotopic (exact) mass is 528 g/mol. The van der Waals surface area contributed by atoms with E-state index >= 15 is 0 Å². The summed E-state index contributed by atoms with van der Waals surface area (Å²) in [4.78, 5) is 25.9. The number of methoxy groups -OCH3 is 1. The third-order valence-corrected chi connectivity index (χ3v) is 6.26. The van der Waals surface area contributed by atoms with Gasteiger partial charge in [0.1, 0.15) is 12.8 Å². The molecule has 0 bridgehead atoms. The van der Waals surface area contributed by atoms with Crippen LogP contribution in [0.25, 0.3) is 0 Å². The van der Waals surface area contributed by atoms with Crippen LogP contribution in [-0.4, -0.2) is 18.9 Å². The van der Waals surface area contributed by atoms with Crippen molar-refractivity contribution in [3.63, 3.8) is 0 Å². The van der Waals surface area contributed by atoms with Crippen LogP contribution >= 0.6 is 11.6 Å². The van der Waals surface area contributed by atoms with E-state index in [1.54, 1.807) is 31.4 Å². The predicted octanol–water partition coefficient (Wildman–Crippen LogP) is 5.64. The maximum atomic E-state index is 13.0. The quantitative estimate of drug-likeness (QED) is 0.247. The van der Waals surface area contributed by atoms with E-state index < -0.39 is 6.17 Å². The minimum atomic E-state index is -0.781. The normalized spacial score (nSPS) is 10.6. The lowest BCUT2D eigenvalue weighted by Crippen LogP contribution is -2.42. The van der Waals surface area contributed by atoms with Gasteiger partial charge in [0.25, 0.3) is 0 Å². The summed E-state index contributed by atoms with van der Waals surface area (Å²) in [5.74, 6) is 0.529. The number of halogens is 1. The van der Waals surface area contributed by atoms with Crippen molar-refractivity contribution in [3.05, 3.63) is 130 Å². The van der Waals surface area contributed by atoms with Gasteiger partial charge in [-0.25, -0.2) is 0 Å². The third kappa shape index (κ3) is 7.60. The summed E-state index contributed by atoms with van der Waals surface area (Å²) in [7, 11) is 1.55. The molecule has 0 aromatic heterocycles. The molecule has 0 atom stereocenters. The molecule has 0 heterocycles. The lowest BCUT2D eigenvalue weighted by atomic mass is 10.1. The Morgan fingerprint density at radius 2 is 1.29 bits per heavy atom. The Kier molecular flexibility index (Phi) is 9.37. The zero-order chi connectivity index (χ0) is 26.7. The third-order valence-electron chi connectivity index (χ3n) is 5.89. The molecule has 0 radical (unpaired) electrons. The lowest BCUT2D eigenvalue weighted by molar-refractivity contribution is -0.123. The van der Waals surface area contributed by atoms with Crippen LogP contribution < -0.4 is 20.1 Å². The average molecular weight is 529 g/mol. The molecule has 0 saturated heterocycles. The van der Waals surface area contributed by atoms with E-state index in [1.165, 1.54) is 0 Å². The second kappa shape index (κ2) is 13.3. The molecule has 0 aliphatic rings. The molecule has 0 spiro atoms. The van der Waals surface area contributed by atoms with Gasteiger partial charge in [-0.05, 0) is 34.9 Å². The van der Waals surface area contributed by atoms with Gasteiger partial charge >= 0.3 is 0 Å². The minimum absolute atomic E-state index is 0.178. The van der Waals surface area contributed by atoms with E-state index in [1.807, 2.05) is 78.9 Å². The Bertz CT molecular complexity index is 1310. The first kappa shape index (κ1) is 26.8. The van der Waals surface area contributed by atoms with E-state index in [9.17, 15) is 9.59 Å². The number of hydrogen-bond acceptors (Lipinski definition) is 4. The number of nitrogens with one attached hydrogen (secondary N) is 2. The summed E-state index contributed by atoms with van der Waals surface area (Å²) < 4.78 is 11.5. The fourth-order valence-electron chi connectivity index (χ4n) is 3.95. The summed E-state index contributed by atoms with van der Waals surface area (Å²) in [6, 6.07) is 31.6. The topological polar surface area (TPSA) is 76.7 Å². The van der Waals surface area contributed by atoms with Crippen molar-refractivity contribution in [2.45, 2.75) is 25.6 Å². The van der Waals surface area contributed by atoms with E-state index in [2.05, 4.69) is 10.6 Å². The molecule has 0 fully saturated rings. The van der Waals surface area contributed by atoms with Crippen molar-refractivity contribution >= 4 is 23.4 Å². The first-order valence-electron chi connectivity index (χ1n) is 12.2. The average Bonchev–Trinajstić information content (AvgIpc) is 2.93. The molecular weight excluding hydrogens is 500 g/mol. The number of carbonyl (C=O) groups excluding carboxylic acids is 2. The number of hydrogen-bond donors (Lipinski definition) is 2. The summed E-state index contributed by atoms with van der Waals surface area (Å²) in [6.45, 7) is 0.227. The Hall–Kier alpha value is -4.29. The van der Waals surface area contributed by atoms with E-state index in [4.69, 9.17) is 21.1 Å². The number of amides is 2. The molecule has 7 heteroatoms. The number of carbonyl (C=O) groups is 2. The van der Waals surface area contributed by atoms with Gasteiger partial charge in [0.2, 0.25) is 11.8 Å². The van der Waals surface area contributed by atoms with Crippen molar-refractivity contribution < 1.29 is 19.1 Å². The Morgan fingerprint density at radius 3 is 1.84 bits per heavy atom. The van der Waals surface area contributed by atoms with Gasteiger partial charge in [0.05, 0.1) is 20.0 Å². The standard InChI is InChI=1S/C31H29ClN2O4/c1-37-27-17-16-24(20-28(27)38-21-25-14-8-9-15-26(25)32)31(33-29(35)18-22-10-4-2-5-11-22)34-30(36)19-23-12-6-3-7-13-23/h2-17,20,31H,18-19,21H2,1H3,(H,33,35)(H,34,36). The first-order valence-corrected chi connectivity index (χ1v) is 12.6. The van der Waals surface area contributed by atoms with E-state index in [-0.39, 0.29) is 31.3 Å². The van der Waals surface area contributed by atoms with Crippen molar-refractivity contribution in [1.29, 1.82) is 0 Å². The SMILES string of the molecule is COc1ccc(C(NC(=O)Cc2ccccc2)NC(=O)Cc2ccccc2)cc1OCc1ccccc1Cl. The molecule has 0 aliphatic carbocycles. The Morgan fingerprint density at radius 1 is 0.737 bits per heavy atom. The van der Waals surface area contributed by atoms with Gasteiger partial charge in [-0.15, -0.1) is 0 Å². The van der Waals surface area contributed by atoms with Crippen LogP contribution in [-0.2, 0) is 29.0 Å². The Labute approximate surface area is 227 Å². The number of ether oxygens (including phenoxy) is 2. The lowest BCUT2D eigenvalue weighted by Gasteiger charge is -2.22. The van der Waals surface area contributed by atoms with Crippen LogP contribution in [0.2, 0.25) is 5.02 Å². The highest BCUT2D eigenvalue weighted by molar-refractivity contribution is 6.31. The minimum Gasteiger partial charge on any atom is -0.493 e. The molecule has 38 heavy (non-hydrogen) atoms. The van der Waals surface area contributed by atoms with Crippen LogP contribution in [0.4, 0.5) is 0 Å². The molecule has 4 rings (SSSR count). The molecule has 2 N–H and O–H groups in total. The van der Waals surface area contributed by atoms with E-state index in [0.717, 1.165) is 16.7 Å². The second-order valence-corrected chi connectivity index (χ2v) is 9.09. The first-order chi connectivity index (χ1) is 18.5. The summed E-state index contributed by atoms with van der Waals surface area (Å²) in [5, 5.41) is 6.51. The second-order valence-electron chi connectivity index (χ2n) is 8.68. The maximum Gasteiger partial charge on any atom is 0.226 e. The number of benzene rings is 4. The van der Waals surface area contributed by atoms with Gasteiger partial charge in [0, 0.05) is 10.6 Å². The van der Waals surface area contributed by atoms with Gasteiger partial charge in [-0.2, -0.15) is 0 Å². The molecule has 4 aromatic carbocycles. The molecule has 0 unspecified atom stereocenters. The highest BCUT2D eigenvalue weighted by Crippen LogP contribution is 2.31. The largest absolute Gasteiger partial charge is 0.493 e. The Balaban J connectivity index is 1.56. The highest BCUT2D eigenvalue weighted by Gasteiger charge is 2.20. The maximum absolute atomic E-state index is 13.0. The van der Waals surface area contributed by atoms with Crippen molar-refractivity contribution in [2.75, 3.05) is 7.11 Å². The fourth-order valence-corrected chi connectivity index (χ4v) is 4.14. The van der Waals surface area contributed by atoms with Crippen molar-refractivity contribution in [1.82, 2.24) is 10.6 Å². The smallest absolute Gasteiger partial charge is 0.226 e. The molecule has 6 nitrogen and oxygen atoms in total. The zero-order valence-electron chi connectivity index (χ0n) is 21.0. The highest BCUT2D eigenvalue weighted by atomic mass is 35.5. The summed E-state index contributed by atoms with van der Waals surface area (Å²) in [6.07, 6.45) is -0.425. The molecule has 0 saturated carbocycles. The molecule has 194 valence electrons. The molecule has 4 aromatic rings. The van der Waals surface area contributed by atoms with Gasteiger partial charge in [-0.3, -0.25) is 9.59 Å². The van der Waals surface area contributed by atoms with Crippen LogP contribution in [0.1, 0.15) is 28.4 Å². The molecule has 2 amide bonds. The van der Waals surface area contributed by atoms with Crippen LogP contribution in [0, 0.1) is 0 Å². The van der Waals surface area contributed by atoms with Gasteiger partial charge in [-0.1, -0.05) is 96.5 Å². The molecule has 0 aliphatic heterocycles. The number of rotatable bonds is 11. The zero-order valence-corrected chi connectivity index (χ0v) is 21.8. The summed E-state index contributed by atoms with van der Waals surface area (Å²) in [5.41, 5.74) is 3.21. The van der Waals surface area contributed by atoms with Crippen molar-refractivity contribution in [2.24, 2.45) is 0 Å². The van der Waals surface area contributed by atoms with Crippen LogP contribution in [0.15, 0.2) is 103 Å². The summed E-state index contributed by atoms with van der Waals surface area (Å²) >= 11 is 6.29. The van der Waals surface area contributed by atoms with Crippen molar-refractivity contribution in [3.8, 4) is 11.5 Å². The fraction of sp³-hybridized carbons (Fsp3) is 0.161. The van der Waals surface area contributed by atoms with E-state index in [0.29, 0.717) is 22.1 Å². The van der Waals surface area contributed by atoms with Crippen LogP contribution in [0.5, 0.6) is 11.5 Å². The van der Waals surface area contributed by atoms with Crippen LogP contribution in [0.3, 0.4) is 0 Å².